The van der Waals surface area contributed by atoms with Crippen LogP contribution in [0.1, 0.15) is 63.4 Å². The summed E-state index contributed by atoms with van der Waals surface area (Å²) < 4.78 is 12.2. The monoisotopic (exact) mass is 499 g/mol. The minimum Gasteiger partial charge on any atom is -0.493 e. The first kappa shape index (κ1) is 22.8. The fourth-order valence-corrected chi connectivity index (χ4v) is 5.81. The number of ketones is 2. The van der Waals surface area contributed by atoms with Crippen LogP contribution in [0.5, 0.6) is 11.5 Å². The number of ether oxygens (including phenoxy) is 2. The van der Waals surface area contributed by atoms with E-state index in [0.29, 0.717) is 30.9 Å². The van der Waals surface area contributed by atoms with Crippen LogP contribution in [0.25, 0.3) is 0 Å². The van der Waals surface area contributed by atoms with Gasteiger partial charge in [0.05, 0.1) is 11.6 Å². The number of nitrogens with zero attached hydrogens (tertiary/aromatic N) is 1. The fourth-order valence-electron chi connectivity index (χ4n) is 5.23. The average molecular weight is 500 g/mol. The Morgan fingerprint density at radius 3 is 2.25 bits per heavy atom. The highest BCUT2D eigenvalue weighted by Gasteiger charge is 2.43. The Balaban J connectivity index is 1.93. The van der Waals surface area contributed by atoms with Crippen molar-refractivity contribution in [1.82, 2.24) is 4.90 Å². The van der Waals surface area contributed by atoms with Gasteiger partial charge in [-0.1, -0.05) is 19.6 Å². The summed E-state index contributed by atoms with van der Waals surface area (Å²) in [6, 6.07) is 3.89. The number of carbonyl (C=O) groups excluding carboxylic acids is 2. The van der Waals surface area contributed by atoms with E-state index in [4.69, 9.17) is 9.47 Å². The quantitative estimate of drug-likeness (QED) is 0.440. The number of carbonyl (C=O) groups is 2. The van der Waals surface area contributed by atoms with Crippen molar-refractivity contribution in [2.75, 3.05) is 20.3 Å². The molecule has 0 N–H and O–H groups in total. The van der Waals surface area contributed by atoms with Crippen LogP contribution in [0.4, 0.5) is 0 Å². The van der Waals surface area contributed by atoms with Crippen molar-refractivity contribution >= 4 is 27.5 Å². The Labute approximate surface area is 198 Å². The fraction of sp³-hybridized carbons (Fsp3) is 0.462. The molecule has 3 aliphatic rings. The normalized spacial score (nSPS) is 19.2. The molecule has 170 valence electrons. The highest BCUT2D eigenvalue weighted by atomic mass is 79.9. The maximum atomic E-state index is 13.3. The highest BCUT2D eigenvalue weighted by molar-refractivity contribution is 9.10. The van der Waals surface area contributed by atoms with E-state index < -0.39 is 0 Å². The Hall–Kier alpha value is -2.34. The predicted molar refractivity (Wildman–Crippen MR) is 128 cm³/mol. The van der Waals surface area contributed by atoms with Gasteiger partial charge in [0.1, 0.15) is 6.61 Å². The second-order valence-electron chi connectivity index (χ2n) is 8.49. The van der Waals surface area contributed by atoms with Crippen LogP contribution >= 0.6 is 15.9 Å². The molecule has 0 bridgehead atoms. The standard InChI is InChI=1S/C26H30BrNO4/c1-4-12-28-18-8-6-10-20(29)24(18)23(25-19(28)9-7-11-21(25)30)16-14-17(27)26(32-13-5-2)22(15-16)31-3/h5,14-15,23H,2,4,6-13H2,1,3H3. The third-order valence-corrected chi connectivity index (χ3v) is 7.05. The average Bonchev–Trinajstić information content (AvgIpc) is 2.78. The number of benzene rings is 1. The molecule has 2 aliphatic carbocycles. The molecular formula is C26H30BrNO4. The Morgan fingerprint density at radius 2 is 1.72 bits per heavy atom. The van der Waals surface area contributed by atoms with Crippen molar-refractivity contribution in [3.8, 4) is 11.5 Å². The molecule has 0 radical (unpaired) electrons. The van der Waals surface area contributed by atoms with E-state index in [1.807, 2.05) is 12.1 Å². The molecule has 0 atom stereocenters. The lowest BCUT2D eigenvalue weighted by atomic mass is 9.71. The highest BCUT2D eigenvalue weighted by Crippen LogP contribution is 2.51. The third-order valence-electron chi connectivity index (χ3n) is 6.46. The van der Waals surface area contributed by atoms with Gasteiger partial charge in [-0.3, -0.25) is 9.59 Å². The van der Waals surface area contributed by atoms with E-state index in [-0.39, 0.29) is 17.5 Å². The number of hydrogen-bond donors (Lipinski definition) is 0. The van der Waals surface area contributed by atoms with Crippen molar-refractivity contribution in [3.05, 3.63) is 57.4 Å². The first-order valence-electron chi connectivity index (χ1n) is 11.4. The molecule has 0 saturated carbocycles. The van der Waals surface area contributed by atoms with Crippen LogP contribution in [0.15, 0.2) is 51.8 Å². The lowest BCUT2D eigenvalue weighted by Crippen LogP contribution is -2.39. The molecule has 1 aliphatic heterocycles. The summed E-state index contributed by atoms with van der Waals surface area (Å²) in [4.78, 5) is 28.9. The van der Waals surface area contributed by atoms with Crippen LogP contribution in [-0.2, 0) is 9.59 Å². The zero-order valence-electron chi connectivity index (χ0n) is 18.8. The van der Waals surface area contributed by atoms with Crippen molar-refractivity contribution in [2.45, 2.75) is 57.8 Å². The molecule has 4 rings (SSSR count). The molecule has 0 unspecified atom stereocenters. The van der Waals surface area contributed by atoms with E-state index in [0.717, 1.165) is 71.2 Å². The third kappa shape index (κ3) is 3.94. The molecule has 1 aromatic carbocycles. The van der Waals surface area contributed by atoms with Crippen LogP contribution in [0.3, 0.4) is 0 Å². The molecular weight excluding hydrogens is 470 g/mol. The van der Waals surface area contributed by atoms with E-state index >= 15 is 0 Å². The summed E-state index contributed by atoms with van der Waals surface area (Å²) in [7, 11) is 1.60. The topological polar surface area (TPSA) is 55.8 Å². The lowest BCUT2D eigenvalue weighted by Gasteiger charge is -2.44. The van der Waals surface area contributed by atoms with Crippen LogP contribution in [0.2, 0.25) is 0 Å². The van der Waals surface area contributed by atoms with Gasteiger partial charge in [-0.15, -0.1) is 0 Å². The van der Waals surface area contributed by atoms with Gasteiger partial charge in [0, 0.05) is 47.8 Å². The van der Waals surface area contributed by atoms with Gasteiger partial charge in [-0.25, -0.2) is 0 Å². The summed E-state index contributed by atoms with van der Waals surface area (Å²) >= 11 is 3.63. The number of rotatable bonds is 7. The molecule has 0 aromatic heterocycles. The summed E-state index contributed by atoms with van der Waals surface area (Å²) in [5, 5.41) is 0. The van der Waals surface area contributed by atoms with E-state index in [9.17, 15) is 9.59 Å². The molecule has 1 aromatic rings. The zero-order valence-corrected chi connectivity index (χ0v) is 20.4. The molecule has 0 spiro atoms. The van der Waals surface area contributed by atoms with Crippen LogP contribution < -0.4 is 9.47 Å². The van der Waals surface area contributed by atoms with Gasteiger partial charge in [-0.2, -0.15) is 0 Å². The molecule has 0 fully saturated rings. The van der Waals surface area contributed by atoms with Gasteiger partial charge in [0.15, 0.2) is 23.1 Å². The van der Waals surface area contributed by atoms with E-state index in [2.05, 4.69) is 34.3 Å². The van der Waals surface area contributed by atoms with Crippen molar-refractivity contribution in [1.29, 1.82) is 0 Å². The number of allylic oxidation sites excluding steroid dienone is 4. The maximum absolute atomic E-state index is 13.3. The Bertz CT molecular complexity index is 979. The first-order valence-corrected chi connectivity index (χ1v) is 12.2. The van der Waals surface area contributed by atoms with Crippen LogP contribution in [-0.4, -0.2) is 36.7 Å². The number of Topliss-reactive ketones (excluding diaryl/α,β-unsaturated/α-hetero) is 2. The van der Waals surface area contributed by atoms with Gasteiger partial charge >= 0.3 is 0 Å². The summed E-state index contributed by atoms with van der Waals surface area (Å²) in [6.45, 7) is 7.04. The number of hydrogen-bond acceptors (Lipinski definition) is 5. The van der Waals surface area contributed by atoms with Crippen LogP contribution in [0, 0.1) is 0 Å². The van der Waals surface area contributed by atoms with E-state index in [1.165, 1.54) is 0 Å². The Morgan fingerprint density at radius 1 is 1.09 bits per heavy atom. The van der Waals surface area contributed by atoms with Gasteiger partial charge < -0.3 is 14.4 Å². The van der Waals surface area contributed by atoms with Crippen molar-refractivity contribution in [2.24, 2.45) is 0 Å². The van der Waals surface area contributed by atoms with Gasteiger partial charge in [-0.05, 0) is 65.7 Å². The molecule has 1 heterocycles. The molecule has 0 saturated heterocycles. The van der Waals surface area contributed by atoms with Gasteiger partial charge in [0.25, 0.3) is 0 Å². The molecule has 0 amide bonds. The number of halogens is 1. The first-order chi connectivity index (χ1) is 15.5. The smallest absolute Gasteiger partial charge is 0.175 e. The number of methoxy groups -OCH3 is 1. The van der Waals surface area contributed by atoms with Crippen molar-refractivity contribution < 1.29 is 19.1 Å². The minimum absolute atomic E-state index is 0.157. The summed E-state index contributed by atoms with van der Waals surface area (Å²) in [5.74, 6) is 1.12. The maximum Gasteiger partial charge on any atom is 0.175 e. The Kier molecular flexibility index (Phi) is 6.89. The summed E-state index contributed by atoms with van der Waals surface area (Å²) in [5.41, 5.74) is 4.72. The largest absolute Gasteiger partial charge is 0.493 e. The van der Waals surface area contributed by atoms with Gasteiger partial charge in [0.2, 0.25) is 0 Å². The summed E-state index contributed by atoms with van der Waals surface area (Å²) in [6.07, 6.45) is 7.19. The lowest BCUT2D eigenvalue weighted by molar-refractivity contribution is -0.117. The second kappa shape index (κ2) is 9.65. The molecule has 32 heavy (non-hydrogen) atoms. The second-order valence-corrected chi connectivity index (χ2v) is 9.35. The molecule has 5 nitrogen and oxygen atoms in total. The van der Waals surface area contributed by atoms with Crippen molar-refractivity contribution in [3.63, 3.8) is 0 Å². The molecule has 6 heteroatoms. The predicted octanol–water partition coefficient (Wildman–Crippen LogP) is 5.85. The van der Waals surface area contributed by atoms with E-state index in [1.54, 1.807) is 13.2 Å². The zero-order chi connectivity index (χ0) is 22.8. The minimum atomic E-state index is -0.354. The SMILES string of the molecule is C=CCOc1c(Br)cc(C2C3=C(CCCC3=O)N(CCC)C3=C2C(=O)CCC3)cc1OC.